The first-order chi connectivity index (χ1) is 8.65. The molecule has 2 aromatic carbocycles. The van der Waals surface area contributed by atoms with Crippen LogP contribution in [0.1, 0.15) is 5.56 Å². The first kappa shape index (κ1) is 11.3. The Morgan fingerprint density at radius 1 is 1.22 bits per heavy atom. The van der Waals surface area contributed by atoms with E-state index in [1.807, 2.05) is 43.3 Å². The molecule has 4 heteroatoms. The van der Waals surface area contributed by atoms with Gasteiger partial charge >= 0.3 is 0 Å². The molecule has 3 aromatic rings. The lowest BCUT2D eigenvalue weighted by molar-refractivity contribution is 0.617. The normalized spacial score (nSPS) is 11.0. The zero-order valence-corrected chi connectivity index (χ0v) is 11.4. The lowest BCUT2D eigenvalue weighted by Gasteiger charge is -2.02. The van der Waals surface area contributed by atoms with E-state index in [-0.39, 0.29) is 0 Å². The minimum Gasteiger partial charge on any atom is -0.435 e. The van der Waals surface area contributed by atoms with Crippen molar-refractivity contribution < 1.29 is 4.42 Å². The molecule has 0 bridgehead atoms. The number of hydrogen-bond donors (Lipinski definition) is 1. The van der Waals surface area contributed by atoms with Gasteiger partial charge in [0.25, 0.3) is 0 Å². The molecule has 0 aliphatic heterocycles. The SMILES string of the molecule is Cc1ccc(N)cc1-c1nc2cccc(Br)c2o1. The molecule has 0 saturated heterocycles. The van der Waals surface area contributed by atoms with Gasteiger partial charge in [-0.25, -0.2) is 4.98 Å². The van der Waals surface area contributed by atoms with Crippen LogP contribution in [0.25, 0.3) is 22.6 Å². The fourth-order valence-corrected chi connectivity index (χ4v) is 2.34. The fraction of sp³-hybridized carbons (Fsp3) is 0.0714. The Hall–Kier alpha value is -1.81. The van der Waals surface area contributed by atoms with E-state index in [2.05, 4.69) is 20.9 Å². The zero-order valence-electron chi connectivity index (χ0n) is 9.77. The van der Waals surface area contributed by atoms with Crippen molar-refractivity contribution in [2.75, 3.05) is 5.73 Å². The van der Waals surface area contributed by atoms with Crippen molar-refractivity contribution >= 4 is 32.7 Å². The van der Waals surface area contributed by atoms with Crippen molar-refractivity contribution in [3.8, 4) is 11.5 Å². The van der Waals surface area contributed by atoms with Gasteiger partial charge in [0.2, 0.25) is 5.89 Å². The lowest BCUT2D eigenvalue weighted by Crippen LogP contribution is -1.88. The maximum Gasteiger partial charge on any atom is 0.227 e. The summed E-state index contributed by atoms with van der Waals surface area (Å²) in [4.78, 5) is 4.49. The van der Waals surface area contributed by atoms with Crippen LogP contribution in [-0.4, -0.2) is 4.98 Å². The summed E-state index contributed by atoms with van der Waals surface area (Å²) < 4.78 is 6.71. The van der Waals surface area contributed by atoms with Gasteiger partial charge in [-0.2, -0.15) is 0 Å². The van der Waals surface area contributed by atoms with Crippen LogP contribution in [0.15, 0.2) is 45.3 Å². The molecule has 0 radical (unpaired) electrons. The van der Waals surface area contributed by atoms with Crippen molar-refractivity contribution in [2.24, 2.45) is 0 Å². The van der Waals surface area contributed by atoms with Crippen molar-refractivity contribution in [3.05, 3.63) is 46.4 Å². The van der Waals surface area contributed by atoms with Crippen molar-refractivity contribution in [1.29, 1.82) is 0 Å². The van der Waals surface area contributed by atoms with Gasteiger partial charge in [0.15, 0.2) is 5.58 Å². The van der Waals surface area contributed by atoms with Gasteiger partial charge in [0.05, 0.1) is 4.47 Å². The predicted octanol–water partition coefficient (Wildman–Crippen LogP) is 4.15. The molecule has 0 saturated carbocycles. The van der Waals surface area contributed by atoms with E-state index < -0.39 is 0 Å². The van der Waals surface area contributed by atoms with Crippen LogP contribution in [0, 0.1) is 6.92 Å². The number of aromatic nitrogens is 1. The quantitative estimate of drug-likeness (QED) is 0.687. The topological polar surface area (TPSA) is 52.0 Å². The largest absolute Gasteiger partial charge is 0.435 e. The Kier molecular flexibility index (Phi) is 2.59. The predicted molar refractivity (Wildman–Crippen MR) is 76.3 cm³/mol. The molecule has 2 N–H and O–H groups in total. The van der Waals surface area contributed by atoms with Gasteiger partial charge in [-0.3, -0.25) is 0 Å². The maximum atomic E-state index is 5.81. The number of hydrogen-bond acceptors (Lipinski definition) is 3. The Morgan fingerprint density at radius 3 is 2.83 bits per heavy atom. The van der Waals surface area contributed by atoms with E-state index >= 15 is 0 Å². The number of para-hydroxylation sites is 1. The summed E-state index contributed by atoms with van der Waals surface area (Å²) in [6.45, 7) is 2.01. The second kappa shape index (κ2) is 4.14. The number of rotatable bonds is 1. The Balaban J connectivity index is 2.26. The highest BCUT2D eigenvalue weighted by Gasteiger charge is 2.12. The molecule has 0 amide bonds. The molecule has 90 valence electrons. The minimum atomic E-state index is 0.599. The van der Waals surface area contributed by atoms with Crippen LogP contribution in [-0.2, 0) is 0 Å². The highest BCUT2D eigenvalue weighted by molar-refractivity contribution is 9.10. The molecule has 0 unspecified atom stereocenters. The van der Waals surface area contributed by atoms with Gasteiger partial charge in [-0.05, 0) is 52.7 Å². The Labute approximate surface area is 113 Å². The number of halogens is 1. The maximum absolute atomic E-state index is 5.81. The first-order valence-corrected chi connectivity index (χ1v) is 6.36. The summed E-state index contributed by atoms with van der Waals surface area (Å²) in [5.41, 5.74) is 10.1. The van der Waals surface area contributed by atoms with Gasteiger partial charge in [-0.1, -0.05) is 12.1 Å². The van der Waals surface area contributed by atoms with Crippen LogP contribution < -0.4 is 5.73 Å². The fourth-order valence-electron chi connectivity index (χ4n) is 1.90. The highest BCUT2D eigenvalue weighted by Crippen LogP contribution is 2.31. The number of fused-ring (bicyclic) bond motifs is 1. The summed E-state index contributed by atoms with van der Waals surface area (Å²) in [6, 6.07) is 11.5. The minimum absolute atomic E-state index is 0.599. The van der Waals surface area contributed by atoms with Crippen molar-refractivity contribution in [1.82, 2.24) is 4.98 Å². The monoisotopic (exact) mass is 302 g/mol. The summed E-state index contributed by atoms with van der Waals surface area (Å²) in [5.74, 6) is 0.599. The van der Waals surface area contributed by atoms with Gasteiger partial charge in [0, 0.05) is 11.3 Å². The van der Waals surface area contributed by atoms with E-state index in [1.165, 1.54) is 0 Å². The van der Waals surface area contributed by atoms with Crippen LogP contribution in [0.4, 0.5) is 5.69 Å². The molecule has 0 aliphatic rings. The van der Waals surface area contributed by atoms with Crippen molar-refractivity contribution in [3.63, 3.8) is 0 Å². The molecular weight excluding hydrogens is 292 g/mol. The third-order valence-corrected chi connectivity index (χ3v) is 3.48. The standard InChI is InChI=1S/C14H11BrN2O/c1-8-5-6-9(16)7-10(8)14-17-12-4-2-3-11(15)13(12)18-14/h2-7H,16H2,1H3. The van der Waals surface area contributed by atoms with E-state index in [0.717, 1.165) is 26.7 Å². The number of benzene rings is 2. The number of aryl methyl sites for hydroxylation is 1. The van der Waals surface area contributed by atoms with Crippen molar-refractivity contribution in [2.45, 2.75) is 6.92 Å². The molecule has 0 spiro atoms. The average Bonchev–Trinajstić information content (AvgIpc) is 2.77. The summed E-state index contributed by atoms with van der Waals surface area (Å²) >= 11 is 3.46. The van der Waals surface area contributed by atoms with Gasteiger partial charge in [0.1, 0.15) is 5.52 Å². The van der Waals surface area contributed by atoms with E-state index in [1.54, 1.807) is 0 Å². The molecule has 3 nitrogen and oxygen atoms in total. The number of nitrogens with zero attached hydrogens (tertiary/aromatic N) is 1. The van der Waals surface area contributed by atoms with E-state index in [4.69, 9.17) is 10.2 Å². The third-order valence-electron chi connectivity index (χ3n) is 2.86. The number of oxazole rings is 1. The average molecular weight is 303 g/mol. The molecule has 3 rings (SSSR count). The second-order valence-electron chi connectivity index (χ2n) is 4.18. The number of anilines is 1. The summed E-state index contributed by atoms with van der Waals surface area (Å²) in [7, 11) is 0. The van der Waals surface area contributed by atoms with Crippen LogP contribution in [0.2, 0.25) is 0 Å². The lowest BCUT2D eigenvalue weighted by atomic mass is 10.1. The molecule has 0 aliphatic carbocycles. The first-order valence-electron chi connectivity index (χ1n) is 5.57. The van der Waals surface area contributed by atoms with E-state index in [9.17, 15) is 0 Å². The number of nitrogens with two attached hydrogens (primary N) is 1. The molecule has 18 heavy (non-hydrogen) atoms. The molecule has 1 heterocycles. The number of nitrogen functional groups attached to an aromatic ring is 1. The summed E-state index contributed by atoms with van der Waals surface area (Å²) in [5, 5.41) is 0. The molecule has 1 aromatic heterocycles. The van der Waals surface area contributed by atoms with Crippen LogP contribution in [0.3, 0.4) is 0 Å². The second-order valence-corrected chi connectivity index (χ2v) is 5.04. The van der Waals surface area contributed by atoms with Gasteiger partial charge in [-0.15, -0.1) is 0 Å². The molecule has 0 atom stereocenters. The van der Waals surface area contributed by atoms with Crippen LogP contribution in [0.5, 0.6) is 0 Å². The zero-order chi connectivity index (χ0) is 12.7. The van der Waals surface area contributed by atoms with E-state index in [0.29, 0.717) is 11.6 Å². The molecular formula is C14H11BrN2O. The van der Waals surface area contributed by atoms with Gasteiger partial charge < -0.3 is 10.2 Å². The summed E-state index contributed by atoms with van der Waals surface area (Å²) in [6.07, 6.45) is 0. The Morgan fingerprint density at radius 2 is 2.06 bits per heavy atom. The highest BCUT2D eigenvalue weighted by atomic mass is 79.9. The van der Waals surface area contributed by atoms with Crippen LogP contribution >= 0.6 is 15.9 Å². The smallest absolute Gasteiger partial charge is 0.227 e. The molecule has 0 fully saturated rings. The third kappa shape index (κ3) is 1.78. The Bertz CT molecular complexity index is 734.